The summed E-state index contributed by atoms with van der Waals surface area (Å²) < 4.78 is 5.57. The highest BCUT2D eigenvalue weighted by Crippen LogP contribution is 2.31. The molecule has 230 valence electrons. The van der Waals surface area contributed by atoms with Crippen LogP contribution in [0.4, 0.5) is 11.6 Å². The molecule has 0 saturated carbocycles. The van der Waals surface area contributed by atoms with E-state index in [1.54, 1.807) is 11.8 Å². The van der Waals surface area contributed by atoms with Crippen LogP contribution in [0, 0.1) is 11.8 Å². The van der Waals surface area contributed by atoms with Crippen LogP contribution in [-0.2, 0) is 4.74 Å². The molecule has 1 aliphatic carbocycles. The summed E-state index contributed by atoms with van der Waals surface area (Å²) in [6.07, 6.45) is 23.9. The molecule has 2 N–H and O–H groups in total. The van der Waals surface area contributed by atoms with E-state index in [0.29, 0.717) is 24.0 Å². The van der Waals surface area contributed by atoms with Gasteiger partial charge in [-0.15, -0.1) is 0 Å². The average molecular weight is 592 g/mol. The molecule has 0 fully saturated rings. The Kier molecular flexibility index (Phi) is 10.1. The van der Waals surface area contributed by atoms with Crippen LogP contribution >= 0.6 is 0 Å². The van der Waals surface area contributed by atoms with Crippen LogP contribution in [-0.4, -0.2) is 40.2 Å². The van der Waals surface area contributed by atoms with Gasteiger partial charge in [0.15, 0.2) is 5.78 Å². The summed E-state index contributed by atoms with van der Waals surface area (Å²) >= 11 is 0. The van der Waals surface area contributed by atoms with Crippen LogP contribution in [0.3, 0.4) is 0 Å². The molecule has 0 saturated heterocycles. The van der Waals surface area contributed by atoms with Crippen molar-refractivity contribution < 1.29 is 9.53 Å². The first-order chi connectivity index (χ1) is 21.6. The fraction of sp³-hybridized carbons (Fsp3) is 0.459. The zero-order valence-electron chi connectivity index (χ0n) is 26.0. The minimum Gasteiger partial charge on any atom is -0.381 e. The summed E-state index contributed by atoms with van der Waals surface area (Å²) in [6.45, 7) is 3.92. The first-order valence-corrected chi connectivity index (χ1v) is 16.5. The zero-order chi connectivity index (χ0) is 30.1. The zero-order valence-corrected chi connectivity index (χ0v) is 26.0. The second kappa shape index (κ2) is 14.8. The van der Waals surface area contributed by atoms with E-state index in [-0.39, 0.29) is 5.78 Å². The predicted octanol–water partition coefficient (Wildman–Crippen LogP) is 9.14. The quantitative estimate of drug-likeness (QED) is 0.132. The van der Waals surface area contributed by atoms with Crippen molar-refractivity contribution in [3.05, 3.63) is 77.3 Å². The summed E-state index contributed by atoms with van der Waals surface area (Å²) in [6, 6.07) is 9.88. The first-order valence-electron chi connectivity index (χ1n) is 16.5. The van der Waals surface area contributed by atoms with Crippen LogP contribution in [0.2, 0.25) is 0 Å². The highest BCUT2D eigenvalue weighted by molar-refractivity contribution is 6.01. The Hall–Kier alpha value is -3.84. The van der Waals surface area contributed by atoms with Crippen LogP contribution < -0.4 is 5.32 Å². The second-order valence-corrected chi connectivity index (χ2v) is 12.7. The van der Waals surface area contributed by atoms with E-state index in [9.17, 15) is 4.79 Å². The van der Waals surface area contributed by atoms with Gasteiger partial charge in [-0.2, -0.15) is 0 Å². The van der Waals surface area contributed by atoms with E-state index in [1.807, 2.05) is 36.5 Å². The lowest BCUT2D eigenvalue weighted by atomic mass is 9.91. The number of aromatic amines is 1. The van der Waals surface area contributed by atoms with Gasteiger partial charge in [-0.3, -0.25) is 9.79 Å². The van der Waals surface area contributed by atoms with Gasteiger partial charge in [0.05, 0.1) is 30.3 Å². The maximum absolute atomic E-state index is 13.3. The molecule has 3 aromatic rings. The molecule has 7 heteroatoms. The minimum atomic E-state index is 0.160. The van der Waals surface area contributed by atoms with Gasteiger partial charge < -0.3 is 15.0 Å². The molecule has 2 aromatic heterocycles. The van der Waals surface area contributed by atoms with Crippen molar-refractivity contribution in [1.82, 2.24) is 15.0 Å². The SMILES string of the molecule is CC1C=NC(c2ccnc(Nc3ccc4[nH]c(C(=O)CC5=CCCC(CCCCC6=CCCOCC6)CC5)cc4c3)n2)=CC1. The molecule has 3 aliphatic rings. The number of nitrogens with one attached hydrogen (secondary N) is 2. The third-order valence-corrected chi connectivity index (χ3v) is 9.14. The number of carbonyl (C=O) groups excluding carboxylic acids is 1. The number of ether oxygens (including phenoxy) is 1. The lowest BCUT2D eigenvalue weighted by Crippen LogP contribution is -2.03. The number of Topliss-reactive ketones (excluding diaryl/α,β-unsaturated/α-hetero) is 1. The predicted molar refractivity (Wildman–Crippen MR) is 179 cm³/mol. The van der Waals surface area contributed by atoms with Gasteiger partial charge in [0.1, 0.15) is 0 Å². The summed E-state index contributed by atoms with van der Waals surface area (Å²) in [5.74, 6) is 1.90. The molecule has 7 nitrogen and oxygen atoms in total. The smallest absolute Gasteiger partial charge is 0.227 e. The Morgan fingerprint density at radius 2 is 1.95 bits per heavy atom. The van der Waals surface area contributed by atoms with Crippen molar-refractivity contribution in [2.75, 3.05) is 18.5 Å². The number of benzene rings is 1. The van der Waals surface area contributed by atoms with Crippen molar-refractivity contribution in [3.8, 4) is 0 Å². The van der Waals surface area contributed by atoms with Crippen molar-refractivity contribution in [3.63, 3.8) is 0 Å². The van der Waals surface area contributed by atoms with E-state index in [4.69, 9.17) is 4.74 Å². The second-order valence-electron chi connectivity index (χ2n) is 12.7. The highest BCUT2D eigenvalue weighted by atomic mass is 16.5. The van der Waals surface area contributed by atoms with Gasteiger partial charge in [-0.1, -0.05) is 49.1 Å². The van der Waals surface area contributed by atoms with Crippen molar-refractivity contribution >= 4 is 40.2 Å². The van der Waals surface area contributed by atoms with Gasteiger partial charge in [0.2, 0.25) is 5.95 Å². The summed E-state index contributed by atoms with van der Waals surface area (Å²) in [4.78, 5) is 30.3. The maximum Gasteiger partial charge on any atom is 0.227 e. The average Bonchev–Trinajstić information content (AvgIpc) is 3.15. The lowest BCUT2D eigenvalue weighted by Gasteiger charge is -2.14. The summed E-state index contributed by atoms with van der Waals surface area (Å²) in [5.41, 5.74) is 7.07. The van der Waals surface area contributed by atoms with Crippen LogP contribution in [0.1, 0.15) is 100 Å². The Bertz CT molecular complexity index is 1580. The molecule has 44 heavy (non-hydrogen) atoms. The minimum absolute atomic E-state index is 0.160. The van der Waals surface area contributed by atoms with Gasteiger partial charge in [0.25, 0.3) is 0 Å². The molecule has 0 spiro atoms. The monoisotopic (exact) mass is 591 g/mol. The number of rotatable bonds is 11. The molecule has 1 aromatic carbocycles. The van der Waals surface area contributed by atoms with E-state index < -0.39 is 0 Å². The molecule has 0 radical (unpaired) electrons. The first kappa shape index (κ1) is 30.2. The number of fused-ring (bicyclic) bond motifs is 1. The molecule has 2 unspecified atom stereocenters. The Labute approximate surface area is 261 Å². The van der Waals surface area contributed by atoms with Gasteiger partial charge in [0, 0.05) is 35.4 Å². The number of hydrogen-bond acceptors (Lipinski definition) is 6. The molecule has 0 bridgehead atoms. The topological polar surface area (TPSA) is 92.3 Å². The highest BCUT2D eigenvalue weighted by Gasteiger charge is 2.18. The van der Waals surface area contributed by atoms with Crippen LogP contribution in [0.15, 0.2) is 70.9 Å². The number of nitrogens with zero attached hydrogens (tertiary/aromatic N) is 3. The number of allylic oxidation sites excluding steroid dienone is 3. The lowest BCUT2D eigenvalue weighted by molar-refractivity contribution is 0.0988. The number of ketones is 1. The fourth-order valence-electron chi connectivity index (χ4n) is 6.52. The third-order valence-electron chi connectivity index (χ3n) is 9.14. The third kappa shape index (κ3) is 8.20. The normalized spacial score (nSPS) is 20.8. The number of anilines is 2. The standard InChI is InChI=1S/C37H45N5O2/c1-26-11-15-33(39-25-26)34-17-19-38-37(42-34)40-31-14-16-32-30(23-31)24-35(41-32)36(43)22-29-9-4-8-27(12-13-29)6-2-3-7-28-10-5-20-44-21-18-28/h9-10,14-17,19,23-27,41H,2-8,11-13,18,20-22H2,1H3,(H,38,40,42). The molecular formula is C37H45N5O2. The Morgan fingerprint density at radius 3 is 2.86 bits per heavy atom. The molecular weight excluding hydrogens is 546 g/mol. The molecule has 2 aliphatic heterocycles. The summed E-state index contributed by atoms with van der Waals surface area (Å²) in [5, 5.41) is 4.31. The summed E-state index contributed by atoms with van der Waals surface area (Å²) in [7, 11) is 0. The van der Waals surface area contributed by atoms with E-state index in [1.165, 1.54) is 44.1 Å². The number of carbonyl (C=O) groups is 1. The molecule has 6 rings (SSSR count). The largest absolute Gasteiger partial charge is 0.381 e. The number of unbranched alkanes of at least 4 members (excludes halogenated alkanes) is 1. The number of aliphatic imine (C=N–C) groups is 1. The van der Waals surface area contributed by atoms with Crippen LogP contribution in [0.5, 0.6) is 0 Å². The number of aromatic nitrogens is 3. The molecule has 4 heterocycles. The molecule has 2 atom stereocenters. The van der Waals surface area contributed by atoms with E-state index in [0.717, 1.165) is 79.2 Å². The molecule has 0 amide bonds. The van der Waals surface area contributed by atoms with Gasteiger partial charge in [-0.25, -0.2) is 9.97 Å². The van der Waals surface area contributed by atoms with Crippen molar-refractivity contribution in [2.24, 2.45) is 16.8 Å². The van der Waals surface area contributed by atoms with E-state index >= 15 is 0 Å². The van der Waals surface area contributed by atoms with E-state index in [2.05, 4.69) is 50.4 Å². The van der Waals surface area contributed by atoms with Crippen LogP contribution in [0.25, 0.3) is 16.6 Å². The Morgan fingerprint density at radius 1 is 1.02 bits per heavy atom. The maximum atomic E-state index is 13.3. The fourth-order valence-corrected chi connectivity index (χ4v) is 6.52. The van der Waals surface area contributed by atoms with Crippen molar-refractivity contribution in [1.29, 1.82) is 0 Å². The Balaban J connectivity index is 0.995. The van der Waals surface area contributed by atoms with Gasteiger partial charge in [-0.05, 0) is 100.0 Å². The van der Waals surface area contributed by atoms with Gasteiger partial charge >= 0.3 is 0 Å². The number of H-pyrrole nitrogens is 1. The van der Waals surface area contributed by atoms with Crippen molar-refractivity contribution in [2.45, 2.75) is 84.0 Å². The number of hydrogen-bond donors (Lipinski definition) is 2.